The molecule has 19 heavy (non-hydrogen) atoms. The van der Waals surface area contributed by atoms with E-state index in [9.17, 15) is 13.2 Å². The number of nitrogens with one attached hydrogen (secondary N) is 1. The molecule has 1 N–H and O–H groups in total. The molecule has 0 unspecified atom stereocenters. The van der Waals surface area contributed by atoms with Gasteiger partial charge >= 0.3 is 0 Å². The highest BCUT2D eigenvalue weighted by atomic mass is 32.2. The van der Waals surface area contributed by atoms with Crippen LogP contribution in [0.3, 0.4) is 0 Å². The number of fused-ring (bicyclic) bond motifs is 1. The van der Waals surface area contributed by atoms with Gasteiger partial charge in [0.2, 0.25) is 5.91 Å². The largest absolute Gasteiger partial charge is 0.312 e. The molecular weight excluding hydrogens is 263 g/mol. The van der Waals surface area contributed by atoms with E-state index in [0.29, 0.717) is 19.4 Å². The number of nitrogens with zero attached hydrogens (tertiary/aromatic N) is 1. The molecule has 1 aromatic rings. The van der Waals surface area contributed by atoms with Gasteiger partial charge < -0.3 is 4.90 Å². The van der Waals surface area contributed by atoms with E-state index in [1.165, 1.54) is 0 Å². The van der Waals surface area contributed by atoms with Crippen molar-refractivity contribution in [1.29, 1.82) is 0 Å². The molecule has 0 aliphatic carbocycles. The van der Waals surface area contributed by atoms with Gasteiger partial charge in [0, 0.05) is 25.2 Å². The monoisotopic (exact) mass is 278 g/mol. The van der Waals surface area contributed by atoms with Crippen molar-refractivity contribution in [3.8, 4) is 0 Å². The van der Waals surface area contributed by atoms with Crippen molar-refractivity contribution in [2.24, 2.45) is 0 Å². The van der Waals surface area contributed by atoms with Gasteiger partial charge in [-0.3, -0.25) is 4.79 Å². The van der Waals surface area contributed by atoms with Gasteiger partial charge in [0.1, 0.15) is 9.87 Å². The molecule has 1 aliphatic heterocycles. The number of hydrogen-bond acceptors (Lipinski definition) is 3. The second kappa shape index (κ2) is 5.34. The average molecular weight is 278 g/mol. The third kappa shape index (κ3) is 3.36. The summed E-state index contributed by atoms with van der Waals surface area (Å²) in [7, 11) is 1.21. The fourth-order valence-corrected chi connectivity index (χ4v) is 2.62. The zero-order valence-corrected chi connectivity index (χ0v) is 11.5. The molecule has 0 bridgehead atoms. The number of benzene rings is 1. The Kier molecular flexibility index (Phi) is 3.96. The summed E-state index contributed by atoms with van der Waals surface area (Å²) in [5.74, 6) is 0.130. The topological polar surface area (TPSA) is 66.5 Å². The summed E-state index contributed by atoms with van der Waals surface area (Å²) < 4.78 is 23.9. The Hall–Kier alpha value is -1.34. The van der Waals surface area contributed by atoms with Crippen molar-refractivity contribution in [1.82, 2.24) is 4.72 Å². The molecule has 7 heteroatoms. The maximum absolute atomic E-state index is 11.7. The molecule has 2 radical (unpaired) electrons. The summed E-state index contributed by atoms with van der Waals surface area (Å²) in [5.41, 5.74) is 2.81. The van der Waals surface area contributed by atoms with Crippen molar-refractivity contribution in [2.45, 2.75) is 26.3 Å². The number of rotatable bonds is 4. The molecular formula is C12H15BN2O3S. The molecule has 1 heterocycles. The Morgan fingerprint density at radius 2 is 2.11 bits per heavy atom. The lowest BCUT2D eigenvalue weighted by Crippen LogP contribution is -2.34. The molecule has 100 valence electrons. The molecule has 1 aromatic carbocycles. The van der Waals surface area contributed by atoms with Crippen LogP contribution >= 0.6 is 0 Å². The van der Waals surface area contributed by atoms with Gasteiger partial charge in [0.25, 0.3) is 7.12 Å². The number of hydrogen-bond donors (Lipinski definition) is 1. The van der Waals surface area contributed by atoms with Crippen LogP contribution in [0.15, 0.2) is 18.2 Å². The summed E-state index contributed by atoms with van der Waals surface area (Å²) >= 11 is 0. The van der Waals surface area contributed by atoms with E-state index >= 15 is 0 Å². The van der Waals surface area contributed by atoms with Crippen LogP contribution in [0.1, 0.15) is 24.5 Å². The van der Waals surface area contributed by atoms with E-state index in [4.69, 9.17) is 7.12 Å². The van der Waals surface area contributed by atoms with Crippen LogP contribution in [0.5, 0.6) is 0 Å². The molecule has 0 aromatic heterocycles. The van der Waals surface area contributed by atoms with Gasteiger partial charge in [-0.05, 0) is 30.5 Å². The van der Waals surface area contributed by atoms with Gasteiger partial charge in [-0.2, -0.15) is 0 Å². The van der Waals surface area contributed by atoms with E-state index in [1.807, 2.05) is 19.1 Å². The molecule has 0 atom stereocenters. The van der Waals surface area contributed by atoms with E-state index in [2.05, 4.69) is 4.72 Å². The van der Waals surface area contributed by atoms with E-state index < -0.39 is 9.87 Å². The normalized spacial score (nSPS) is 15.4. The SMILES string of the molecule is [B]S(=O)(=O)NCc1ccc2c(c1)CCC(=O)N2CC. The summed E-state index contributed by atoms with van der Waals surface area (Å²) in [6.45, 7) is 2.73. The third-order valence-electron chi connectivity index (χ3n) is 3.14. The summed E-state index contributed by atoms with van der Waals surface area (Å²) in [5, 5.41) is 0. The number of carbonyl (C=O) groups is 1. The van der Waals surface area contributed by atoms with Crippen LogP contribution in [-0.4, -0.2) is 28.0 Å². The number of anilines is 1. The Morgan fingerprint density at radius 3 is 2.74 bits per heavy atom. The third-order valence-corrected chi connectivity index (χ3v) is 3.68. The van der Waals surface area contributed by atoms with Crippen LogP contribution in [0, 0.1) is 0 Å². The minimum atomic E-state index is -3.68. The molecule has 1 amide bonds. The second-order valence-electron chi connectivity index (χ2n) is 4.47. The molecule has 0 spiro atoms. The molecule has 0 fully saturated rings. The zero-order chi connectivity index (χ0) is 14.0. The lowest BCUT2D eigenvalue weighted by Gasteiger charge is -2.28. The van der Waals surface area contributed by atoms with Crippen molar-refractivity contribution < 1.29 is 13.2 Å². The standard InChI is InChI=1S/C12H15BN2O3S/c1-2-15-11-5-3-9(8-14-19(13,17)18)7-10(11)4-6-12(15)16/h3,5,7,14H,2,4,6,8H2,1H3. The van der Waals surface area contributed by atoms with Crippen LogP contribution in [-0.2, 0) is 27.6 Å². The fraction of sp³-hybridized carbons (Fsp3) is 0.417. The Labute approximate surface area is 114 Å². The van der Waals surface area contributed by atoms with Crippen LogP contribution < -0.4 is 9.62 Å². The first-order valence-electron chi connectivity index (χ1n) is 6.10. The highest BCUT2D eigenvalue weighted by molar-refractivity contribution is 8.10. The summed E-state index contributed by atoms with van der Waals surface area (Å²) in [6, 6.07) is 5.58. The first kappa shape index (κ1) is 14.1. The first-order valence-corrected chi connectivity index (χ1v) is 7.65. The van der Waals surface area contributed by atoms with Crippen LogP contribution in [0.2, 0.25) is 0 Å². The number of aryl methyl sites for hydroxylation is 1. The lowest BCUT2D eigenvalue weighted by atomic mass is 9.99. The Morgan fingerprint density at radius 1 is 1.37 bits per heavy atom. The fourth-order valence-electron chi connectivity index (χ4n) is 2.25. The lowest BCUT2D eigenvalue weighted by molar-refractivity contribution is -0.118. The molecule has 2 rings (SSSR count). The van der Waals surface area contributed by atoms with Gasteiger partial charge in [-0.15, -0.1) is 0 Å². The van der Waals surface area contributed by atoms with E-state index in [0.717, 1.165) is 16.8 Å². The van der Waals surface area contributed by atoms with Crippen molar-refractivity contribution in [3.63, 3.8) is 0 Å². The van der Waals surface area contributed by atoms with Gasteiger partial charge in [-0.1, -0.05) is 12.1 Å². The van der Waals surface area contributed by atoms with Crippen molar-refractivity contribution >= 4 is 28.6 Å². The van der Waals surface area contributed by atoms with Crippen LogP contribution in [0.4, 0.5) is 5.69 Å². The average Bonchev–Trinajstić information content (AvgIpc) is 2.35. The highest BCUT2D eigenvalue weighted by Gasteiger charge is 2.22. The predicted octanol–water partition coefficient (Wildman–Crippen LogP) is 0.489. The predicted molar refractivity (Wildman–Crippen MR) is 74.3 cm³/mol. The van der Waals surface area contributed by atoms with Crippen molar-refractivity contribution in [2.75, 3.05) is 11.4 Å². The molecule has 0 saturated heterocycles. The Bertz CT molecular complexity index is 601. The molecule has 5 nitrogen and oxygen atoms in total. The second-order valence-corrected chi connectivity index (χ2v) is 5.85. The van der Waals surface area contributed by atoms with Crippen molar-refractivity contribution in [3.05, 3.63) is 29.3 Å². The maximum atomic E-state index is 11.7. The summed E-state index contributed by atoms with van der Waals surface area (Å²) in [6.07, 6.45) is 1.18. The zero-order valence-electron chi connectivity index (χ0n) is 10.7. The van der Waals surface area contributed by atoms with E-state index in [1.54, 1.807) is 11.0 Å². The van der Waals surface area contributed by atoms with Gasteiger partial charge in [-0.25, -0.2) is 13.1 Å². The first-order chi connectivity index (χ1) is 8.90. The number of amides is 1. The van der Waals surface area contributed by atoms with Gasteiger partial charge in [0.15, 0.2) is 0 Å². The van der Waals surface area contributed by atoms with Gasteiger partial charge in [0.05, 0.1) is 0 Å². The highest BCUT2D eigenvalue weighted by Crippen LogP contribution is 2.28. The quantitative estimate of drug-likeness (QED) is 0.815. The number of carbonyl (C=O) groups excluding carboxylic acids is 1. The minimum Gasteiger partial charge on any atom is -0.312 e. The maximum Gasteiger partial charge on any atom is 0.277 e. The molecule has 1 aliphatic rings. The Balaban J connectivity index is 2.22. The van der Waals surface area contributed by atoms with Crippen LogP contribution in [0.25, 0.3) is 0 Å². The smallest absolute Gasteiger partial charge is 0.277 e. The molecule has 0 saturated carbocycles. The van der Waals surface area contributed by atoms with E-state index in [-0.39, 0.29) is 12.5 Å². The summed E-state index contributed by atoms with van der Waals surface area (Å²) in [4.78, 5) is 13.5. The minimum absolute atomic E-state index is 0.130.